The average molecular weight is 431 g/mol. The molecule has 3 nitrogen and oxygen atoms in total. The van der Waals surface area contributed by atoms with Gasteiger partial charge in [-0.3, -0.25) is 14.5 Å². The minimum Gasteiger partial charge on any atom is -0.294 e. The Bertz CT molecular complexity index is 920. The van der Waals surface area contributed by atoms with Crippen molar-refractivity contribution in [3.63, 3.8) is 0 Å². The minimum absolute atomic E-state index is 0.0192. The summed E-state index contributed by atoms with van der Waals surface area (Å²) < 4.78 is 0.955. The van der Waals surface area contributed by atoms with Gasteiger partial charge < -0.3 is 0 Å². The van der Waals surface area contributed by atoms with E-state index in [9.17, 15) is 9.59 Å². The van der Waals surface area contributed by atoms with E-state index in [0.29, 0.717) is 11.4 Å². The molecule has 0 N–H and O–H groups in total. The molecule has 5 heteroatoms. The molecule has 0 radical (unpaired) electrons. The number of hydrogen-bond donors (Lipinski definition) is 0. The lowest BCUT2D eigenvalue weighted by molar-refractivity contribution is -0.119. The van der Waals surface area contributed by atoms with Crippen molar-refractivity contribution in [2.75, 3.05) is 4.90 Å². The van der Waals surface area contributed by atoms with Crippen molar-refractivity contribution in [3.8, 4) is 0 Å². The third-order valence-electron chi connectivity index (χ3n) is 5.01. The summed E-state index contributed by atoms with van der Waals surface area (Å²) in [6.45, 7) is 0. The molecule has 26 heavy (non-hydrogen) atoms. The summed E-state index contributed by atoms with van der Waals surface area (Å²) in [5, 5.41) is 0.621. The van der Waals surface area contributed by atoms with Crippen LogP contribution in [0.2, 0.25) is 5.02 Å². The highest BCUT2D eigenvalue weighted by molar-refractivity contribution is 9.10. The van der Waals surface area contributed by atoms with Gasteiger partial charge in [-0.05, 0) is 54.8 Å². The van der Waals surface area contributed by atoms with Gasteiger partial charge in [0.25, 0.3) is 0 Å². The molecule has 1 atom stereocenters. The van der Waals surface area contributed by atoms with Crippen LogP contribution in [-0.4, -0.2) is 11.7 Å². The van der Waals surface area contributed by atoms with Crippen molar-refractivity contribution in [1.82, 2.24) is 0 Å². The molecular weight excluding hydrogens is 414 g/mol. The third-order valence-corrected chi connectivity index (χ3v) is 5.77. The number of Topliss-reactive ketones (excluding diaryl/α,β-unsaturated/α-hetero) is 1. The van der Waals surface area contributed by atoms with Crippen LogP contribution >= 0.6 is 27.5 Å². The van der Waals surface area contributed by atoms with Gasteiger partial charge >= 0.3 is 0 Å². The van der Waals surface area contributed by atoms with Crippen molar-refractivity contribution < 1.29 is 9.59 Å². The van der Waals surface area contributed by atoms with Crippen LogP contribution in [0.1, 0.15) is 37.2 Å². The van der Waals surface area contributed by atoms with Crippen LogP contribution in [0.4, 0.5) is 5.69 Å². The summed E-state index contributed by atoms with van der Waals surface area (Å²) in [6.07, 6.45) is 2.33. The van der Waals surface area contributed by atoms with E-state index in [1.54, 1.807) is 4.90 Å². The normalized spacial score (nSPS) is 20.4. The molecule has 0 bridgehead atoms. The molecule has 0 fully saturated rings. The van der Waals surface area contributed by atoms with E-state index in [-0.39, 0.29) is 24.0 Å². The van der Waals surface area contributed by atoms with Gasteiger partial charge in [-0.1, -0.05) is 39.7 Å². The first-order chi connectivity index (χ1) is 12.5. The number of ketones is 1. The SMILES string of the molecule is O=C1CCCC2=C1C(c1cccc(Cl)c1)CC(=O)N2c1ccc(Br)cc1. The summed E-state index contributed by atoms with van der Waals surface area (Å²) in [4.78, 5) is 27.6. The van der Waals surface area contributed by atoms with Gasteiger partial charge in [0.2, 0.25) is 5.91 Å². The molecule has 2 aromatic rings. The van der Waals surface area contributed by atoms with Crippen LogP contribution in [0.5, 0.6) is 0 Å². The maximum absolute atomic E-state index is 13.0. The van der Waals surface area contributed by atoms with E-state index in [1.165, 1.54) is 0 Å². The number of rotatable bonds is 2. The topological polar surface area (TPSA) is 37.4 Å². The van der Waals surface area contributed by atoms with Crippen molar-refractivity contribution >= 4 is 44.9 Å². The van der Waals surface area contributed by atoms with Gasteiger partial charge in [-0.15, -0.1) is 0 Å². The summed E-state index contributed by atoms with van der Waals surface area (Å²) in [7, 11) is 0. The second-order valence-electron chi connectivity index (χ2n) is 6.65. The second-order valence-corrected chi connectivity index (χ2v) is 8.01. The number of amides is 1. The highest BCUT2D eigenvalue weighted by Gasteiger charge is 2.39. The van der Waals surface area contributed by atoms with Crippen molar-refractivity contribution in [2.45, 2.75) is 31.6 Å². The van der Waals surface area contributed by atoms with Crippen molar-refractivity contribution in [2.24, 2.45) is 0 Å². The van der Waals surface area contributed by atoms with Crippen LogP contribution < -0.4 is 4.90 Å². The Morgan fingerprint density at radius 3 is 2.54 bits per heavy atom. The highest BCUT2D eigenvalue weighted by atomic mass is 79.9. The molecule has 2 aromatic carbocycles. The van der Waals surface area contributed by atoms with Gasteiger partial charge in [-0.25, -0.2) is 0 Å². The van der Waals surface area contributed by atoms with Gasteiger partial charge in [0, 0.05) is 45.2 Å². The van der Waals surface area contributed by atoms with Crippen LogP contribution in [0.25, 0.3) is 0 Å². The highest BCUT2D eigenvalue weighted by Crippen LogP contribution is 2.43. The summed E-state index contributed by atoms with van der Waals surface area (Å²) >= 11 is 9.58. The maximum atomic E-state index is 13.0. The summed E-state index contributed by atoms with van der Waals surface area (Å²) in [5.74, 6) is -0.0488. The van der Waals surface area contributed by atoms with E-state index < -0.39 is 0 Å². The Balaban J connectivity index is 1.85. The Labute approximate surface area is 165 Å². The first kappa shape index (κ1) is 17.5. The molecule has 1 amide bonds. The van der Waals surface area contributed by atoms with E-state index in [0.717, 1.165) is 39.8 Å². The lowest BCUT2D eigenvalue weighted by atomic mass is 9.77. The molecule has 1 unspecified atom stereocenters. The zero-order chi connectivity index (χ0) is 18.3. The molecule has 2 aliphatic rings. The number of carbonyl (C=O) groups is 2. The fraction of sp³-hybridized carbons (Fsp3) is 0.238. The number of halogens is 2. The molecule has 132 valence electrons. The predicted molar refractivity (Wildman–Crippen MR) is 106 cm³/mol. The average Bonchev–Trinajstić information content (AvgIpc) is 2.62. The monoisotopic (exact) mass is 429 g/mol. The fourth-order valence-electron chi connectivity index (χ4n) is 3.89. The van der Waals surface area contributed by atoms with E-state index in [2.05, 4.69) is 15.9 Å². The van der Waals surface area contributed by atoms with Crippen LogP contribution in [0, 0.1) is 0 Å². The number of benzene rings is 2. The summed E-state index contributed by atoms with van der Waals surface area (Å²) in [5.41, 5.74) is 3.37. The molecule has 1 heterocycles. The number of nitrogens with zero attached hydrogens (tertiary/aromatic N) is 1. The quantitative estimate of drug-likeness (QED) is 0.619. The Morgan fingerprint density at radius 1 is 1.04 bits per heavy atom. The molecule has 1 aliphatic heterocycles. The molecule has 0 saturated heterocycles. The number of allylic oxidation sites excluding steroid dienone is 2. The van der Waals surface area contributed by atoms with Gasteiger partial charge in [-0.2, -0.15) is 0 Å². The van der Waals surface area contributed by atoms with Gasteiger partial charge in [0.1, 0.15) is 0 Å². The van der Waals surface area contributed by atoms with E-state index in [1.807, 2.05) is 48.5 Å². The second kappa shape index (κ2) is 7.01. The number of anilines is 1. The van der Waals surface area contributed by atoms with E-state index >= 15 is 0 Å². The van der Waals surface area contributed by atoms with Crippen molar-refractivity contribution in [1.29, 1.82) is 0 Å². The Morgan fingerprint density at radius 2 is 1.81 bits per heavy atom. The van der Waals surface area contributed by atoms with Crippen LogP contribution in [0.3, 0.4) is 0 Å². The number of hydrogen-bond acceptors (Lipinski definition) is 2. The first-order valence-corrected chi connectivity index (χ1v) is 9.82. The lowest BCUT2D eigenvalue weighted by Gasteiger charge is -2.38. The summed E-state index contributed by atoms with van der Waals surface area (Å²) in [6, 6.07) is 15.1. The molecule has 4 rings (SSSR count). The zero-order valence-electron chi connectivity index (χ0n) is 14.0. The standard InChI is InChI=1S/C21H17BrClNO2/c22-14-7-9-16(10-8-14)24-18-5-2-6-19(25)21(18)17(12-20(24)26)13-3-1-4-15(23)11-13/h1,3-4,7-11,17H,2,5-6,12H2. The molecule has 1 aliphatic carbocycles. The molecule has 0 spiro atoms. The number of carbonyl (C=O) groups excluding carboxylic acids is 2. The Kier molecular flexibility index (Phi) is 4.72. The van der Waals surface area contributed by atoms with Gasteiger partial charge in [0.05, 0.1) is 0 Å². The molecule has 0 aromatic heterocycles. The fourth-order valence-corrected chi connectivity index (χ4v) is 4.35. The zero-order valence-corrected chi connectivity index (χ0v) is 16.4. The minimum atomic E-state index is -0.212. The van der Waals surface area contributed by atoms with E-state index in [4.69, 9.17) is 11.6 Å². The first-order valence-electron chi connectivity index (χ1n) is 8.65. The largest absolute Gasteiger partial charge is 0.294 e. The van der Waals surface area contributed by atoms with Crippen molar-refractivity contribution in [3.05, 3.63) is 74.9 Å². The van der Waals surface area contributed by atoms with Gasteiger partial charge in [0.15, 0.2) is 5.78 Å². The molecule has 0 saturated carbocycles. The predicted octanol–water partition coefficient (Wildman–Crippen LogP) is 5.63. The Hall–Kier alpha value is -1.91. The lowest BCUT2D eigenvalue weighted by Crippen LogP contribution is -2.40. The maximum Gasteiger partial charge on any atom is 0.232 e. The molecular formula is C21H17BrClNO2. The van der Waals surface area contributed by atoms with Crippen LogP contribution in [0.15, 0.2) is 64.3 Å². The van der Waals surface area contributed by atoms with Crippen LogP contribution in [-0.2, 0) is 9.59 Å². The third kappa shape index (κ3) is 3.12. The smallest absolute Gasteiger partial charge is 0.232 e.